The predicted molar refractivity (Wildman–Crippen MR) is 120 cm³/mol. The Morgan fingerprint density at radius 1 is 0.871 bits per heavy atom. The van der Waals surface area contributed by atoms with Gasteiger partial charge in [-0.15, -0.1) is 11.3 Å². The molecule has 5 rings (SSSR count). The summed E-state index contributed by atoms with van der Waals surface area (Å²) in [6.45, 7) is 0.614. The van der Waals surface area contributed by atoms with Gasteiger partial charge in [0, 0.05) is 16.8 Å². The fourth-order valence-corrected chi connectivity index (χ4v) is 4.37. The van der Waals surface area contributed by atoms with Crippen LogP contribution in [0.15, 0.2) is 84.4 Å². The number of fused-ring (bicyclic) bond motifs is 1. The van der Waals surface area contributed by atoms with E-state index in [1.54, 1.807) is 65.9 Å². The van der Waals surface area contributed by atoms with E-state index >= 15 is 0 Å². The molecule has 0 bridgehead atoms. The van der Waals surface area contributed by atoms with E-state index in [1.807, 2.05) is 34.3 Å². The Balaban J connectivity index is 1.38. The molecular weight excluding hydrogens is 410 g/mol. The van der Waals surface area contributed by atoms with E-state index in [1.165, 1.54) is 0 Å². The number of hydrogen-bond donors (Lipinski definition) is 1. The second-order valence-electron chi connectivity index (χ2n) is 7.10. The van der Waals surface area contributed by atoms with Gasteiger partial charge in [-0.25, -0.2) is 4.90 Å². The van der Waals surface area contributed by atoms with Gasteiger partial charge in [-0.2, -0.15) is 0 Å². The summed E-state index contributed by atoms with van der Waals surface area (Å²) in [5.41, 5.74) is 2.21. The average Bonchev–Trinajstić information content (AvgIpc) is 3.51. The Labute approximate surface area is 182 Å². The number of nitrogens with zero attached hydrogens (tertiary/aromatic N) is 2. The fourth-order valence-electron chi connectivity index (χ4n) is 3.67. The molecule has 31 heavy (non-hydrogen) atoms. The van der Waals surface area contributed by atoms with Crippen LogP contribution < -0.4 is 10.2 Å². The smallest absolute Gasteiger partial charge is 0.272 e. The molecule has 2 aromatic heterocycles. The van der Waals surface area contributed by atoms with Gasteiger partial charge in [0.25, 0.3) is 17.7 Å². The first kappa shape index (κ1) is 19.0. The van der Waals surface area contributed by atoms with Crippen molar-refractivity contribution >= 4 is 40.4 Å². The number of amides is 3. The number of anilines is 2. The highest BCUT2D eigenvalue weighted by molar-refractivity contribution is 7.09. The Morgan fingerprint density at radius 3 is 2.35 bits per heavy atom. The zero-order chi connectivity index (χ0) is 21.4. The van der Waals surface area contributed by atoms with Crippen LogP contribution in [0.1, 0.15) is 36.1 Å². The van der Waals surface area contributed by atoms with E-state index in [-0.39, 0.29) is 17.7 Å². The molecule has 0 atom stereocenters. The van der Waals surface area contributed by atoms with Gasteiger partial charge < -0.3 is 9.88 Å². The molecule has 3 heterocycles. The minimum absolute atomic E-state index is 0.263. The monoisotopic (exact) mass is 427 g/mol. The number of benzene rings is 2. The predicted octanol–water partition coefficient (Wildman–Crippen LogP) is 4.65. The van der Waals surface area contributed by atoms with Gasteiger partial charge in [-0.05, 0) is 53.9 Å². The molecule has 3 amide bonds. The van der Waals surface area contributed by atoms with Crippen LogP contribution in [-0.2, 0) is 6.54 Å². The Hall–Kier alpha value is -3.97. The highest BCUT2D eigenvalue weighted by Gasteiger charge is 2.36. The van der Waals surface area contributed by atoms with E-state index in [0.29, 0.717) is 34.7 Å². The van der Waals surface area contributed by atoms with Crippen LogP contribution in [0.25, 0.3) is 0 Å². The molecule has 0 radical (unpaired) electrons. The van der Waals surface area contributed by atoms with Crippen LogP contribution in [0.2, 0.25) is 0 Å². The summed E-state index contributed by atoms with van der Waals surface area (Å²) in [5, 5.41) is 4.88. The van der Waals surface area contributed by atoms with E-state index < -0.39 is 0 Å². The summed E-state index contributed by atoms with van der Waals surface area (Å²) >= 11 is 1.63. The maximum atomic E-state index is 12.9. The second-order valence-corrected chi connectivity index (χ2v) is 8.13. The fraction of sp³-hybridized carbons (Fsp3) is 0.0417. The maximum Gasteiger partial charge on any atom is 0.272 e. The molecule has 0 saturated carbocycles. The third-order valence-electron chi connectivity index (χ3n) is 5.12. The molecule has 1 aliphatic heterocycles. The van der Waals surface area contributed by atoms with Gasteiger partial charge in [0.15, 0.2) is 0 Å². The van der Waals surface area contributed by atoms with Gasteiger partial charge in [-0.1, -0.05) is 24.3 Å². The van der Waals surface area contributed by atoms with Gasteiger partial charge in [0.1, 0.15) is 5.69 Å². The number of carbonyl (C=O) groups is 3. The first-order chi connectivity index (χ1) is 15.1. The van der Waals surface area contributed by atoms with Crippen LogP contribution in [0, 0.1) is 0 Å². The van der Waals surface area contributed by atoms with E-state index in [4.69, 9.17) is 0 Å². The van der Waals surface area contributed by atoms with Crippen LogP contribution in [0.4, 0.5) is 11.4 Å². The van der Waals surface area contributed by atoms with Crippen molar-refractivity contribution in [2.45, 2.75) is 6.54 Å². The van der Waals surface area contributed by atoms with Crippen LogP contribution in [-0.4, -0.2) is 22.3 Å². The molecule has 0 fully saturated rings. The number of hydrogen-bond acceptors (Lipinski definition) is 4. The minimum atomic E-state index is -0.367. The Bertz CT molecular complexity index is 1270. The summed E-state index contributed by atoms with van der Waals surface area (Å²) in [6.07, 6.45) is 1.86. The molecule has 1 aliphatic rings. The van der Waals surface area contributed by atoms with Crippen molar-refractivity contribution in [3.8, 4) is 0 Å². The van der Waals surface area contributed by atoms with Crippen molar-refractivity contribution in [2.24, 2.45) is 0 Å². The lowest BCUT2D eigenvalue weighted by atomic mass is 10.1. The van der Waals surface area contributed by atoms with Crippen molar-refractivity contribution in [3.63, 3.8) is 0 Å². The molecule has 4 aromatic rings. The number of aromatic nitrogens is 1. The third kappa shape index (κ3) is 3.45. The molecule has 0 saturated heterocycles. The largest absolute Gasteiger partial charge is 0.338 e. The quantitative estimate of drug-likeness (QED) is 0.471. The van der Waals surface area contributed by atoms with Crippen molar-refractivity contribution in [2.75, 3.05) is 10.2 Å². The van der Waals surface area contributed by atoms with Gasteiger partial charge in [-0.3, -0.25) is 14.4 Å². The van der Waals surface area contributed by atoms with Gasteiger partial charge >= 0.3 is 0 Å². The highest BCUT2D eigenvalue weighted by atomic mass is 32.1. The standard InChI is InChI=1S/C24H17N3O3S/c28-22(21-11-4-12-26(21)15-18-8-5-13-31-18)25-16-6-3-7-17(14-16)27-23(29)19-9-1-2-10-20(19)24(27)30/h1-14H,15H2,(H,25,28). The molecular formula is C24H17N3O3S. The number of rotatable bonds is 5. The SMILES string of the molecule is O=C(Nc1cccc(N2C(=O)c3ccccc3C2=O)c1)c1cccn1Cc1cccs1. The minimum Gasteiger partial charge on any atom is -0.338 e. The summed E-state index contributed by atoms with van der Waals surface area (Å²) in [6, 6.07) is 21.1. The van der Waals surface area contributed by atoms with E-state index in [9.17, 15) is 14.4 Å². The summed E-state index contributed by atoms with van der Waals surface area (Å²) in [4.78, 5) is 40.7. The Kier molecular flexibility index (Phi) is 4.72. The zero-order valence-electron chi connectivity index (χ0n) is 16.3. The molecule has 0 spiro atoms. The first-order valence-corrected chi connectivity index (χ1v) is 10.6. The molecule has 1 N–H and O–H groups in total. The number of imide groups is 1. The summed E-state index contributed by atoms with van der Waals surface area (Å²) in [7, 11) is 0. The molecule has 6 nitrogen and oxygen atoms in total. The molecule has 152 valence electrons. The lowest BCUT2D eigenvalue weighted by molar-refractivity contribution is 0.0925. The lowest BCUT2D eigenvalue weighted by Crippen LogP contribution is -2.29. The molecule has 7 heteroatoms. The Morgan fingerprint density at radius 2 is 1.65 bits per heavy atom. The van der Waals surface area contributed by atoms with Gasteiger partial charge in [0.2, 0.25) is 0 Å². The maximum absolute atomic E-state index is 12.9. The van der Waals surface area contributed by atoms with Crippen LogP contribution >= 0.6 is 11.3 Å². The van der Waals surface area contributed by atoms with Crippen LogP contribution in [0.3, 0.4) is 0 Å². The van der Waals surface area contributed by atoms with Gasteiger partial charge in [0.05, 0.1) is 23.4 Å². The van der Waals surface area contributed by atoms with Crippen molar-refractivity contribution in [3.05, 3.63) is 106 Å². The number of nitrogens with one attached hydrogen (secondary N) is 1. The second kappa shape index (κ2) is 7.70. The topological polar surface area (TPSA) is 71.4 Å². The molecule has 0 aliphatic carbocycles. The van der Waals surface area contributed by atoms with E-state index in [0.717, 1.165) is 9.78 Å². The number of thiophene rings is 1. The highest BCUT2D eigenvalue weighted by Crippen LogP contribution is 2.30. The van der Waals surface area contributed by atoms with Crippen molar-refractivity contribution < 1.29 is 14.4 Å². The average molecular weight is 427 g/mol. The molecule has 0 unspecified atom stereocenters. The van der Waals surface area contributed by atoms with E-state index in [2.05, 4.69) is 5.32 Å². The third-order valence-corrected chi connectivity index (χ3v) is 5.99. The lowest BCUT2D eigenvalue weighted by Gasteiger charge is -2.15. The summed E-state index contributed by atoms with van der Waals surface area (Å²) in [5.74, 6) is -0.996. The van der Waals surface area contributed by atoms with Crippen LogP contribution in [0.5, 0.6) is 0 Å². The first-order valence-electron chi connectivity index (χ1n) is 9.68. The molecule has 2 aromatic carbocycles. The zero-order valence-corrected chi connectivity index (χ0v) is 17.1. The summed E-state index contributed by atoms with van der Waals surface area (Å²) < 4.78 is 1.88. The van der Waals surface area contributed by atoms with Crippen molar-refractivity contribution in [1.29, 1.82) is 0 Å². The normalized spacial score (nSPS) is 12.8. The number of carbonyl (C=O) groups excluding carboxylic acids is 3. The van der Waals surface area contributed by atoms with Crippen molar-refractivity contribution in [1.82, 2.24) is 4.57 Å².